The minimum Gasteiger partial charge on any atom is -0.480 e. The molecule has 0 aliphatic rings. The third kappa shape index (κ3) is 1.16. The molecule has 0 spiro atoms. The maximum absolute atomic E-state index is 4.87. The van der Waals surface area contributed by atoms with Gasteiger partial charge in [-0.25, -0.2) is 4.98 Å². The molecule has 1 heterocycles. The Hall–Kier alpha value is -1.12. The molecule has 1 aromatic heterocycles. The van der Waals surface area contributed by atoms with E-state index >= 15 is 0 Å². The highest BCUT2D eigenvalue weighted by atomic mass is 16.5. The molecule has 0 atom stereocenters. The van der Waals surface area contributed by atoms with Gasteiger partial charge in [-0.3, -0.25) is 4.98 Å². The Balaban J connectivity index is 3.01. The van der Waals surface area contributed by atoms with E-state index in [1.807, 2.05) is 6.92 Å². The summed E-state index contributed by atoms with van der Waals surface area (Å²) in [4.78, 5) is 7.87. The van der Waals surface area contributed by atoms with Crippen molar-refractivity contribution in [2.24, 2.45) is 0 Å². The van der Waals surface area contributed by atoms with E-state index in [9.17, 15) is 0 Å². The molecule has 3 nitrogen and oxygen atoms in total. The van der Waals surface area contributed by atoms with E-state index in [0.29, 0.717) is 5.88 Å². The number of hydrogen-bond acceptors (Lipinski definition) is 3. The molecule has 0 unspecified atom stereocenters. The molecule has 1 rings (SSSR count). The van der Waals surface area contributed by atoms with Crippen LogP contribution in [0.25, 0.3) is 0 Å². The van der Waals surface area contributed by atoms with Crippen molar-refractivity contribution in [3.05, 3.63) is 18.1 Å². The highest BCUT2D eigenvalue weighted by Crippen LogP contribution is 2.06. The zero-order valence-electron chi connectivity index (χ0n) is 5.46. The molecule has 3 heteroatoms. The van der Waals surface area contributed by atoms with Crippen LogP contribution in [0.15, 0.2) is 12.4 Å². The fraction of sp³-hybridized carbons (Fsp3) is 0.333. The molecule has 0 bridgehead atoms. The van der Waals surface area contributed by atoms with E-state index in [4.69, 9.17) is 4.74 Å². The second-order valence-electron chi connectivity index (χ2n) is 1.65. The molecule has 0 radical (unpaired) electrons. The van der Waals surface area contributed by atoms with Crippen molar-refractivity contribution in [3.8, 4) is 5.88 Å². The van der Waals surface area contributed by atoms with Crippen LogP contribution in [-0.4, -0.2) is 17.1 Å². The quantitative estimate of drug-likeness (QED) is 0.555. The zero-order valence-corrected chi connectivity index (χ0v) is 5.46. The Morgan fingerprint density at radius 3 is 2.44 bits per heavy atom. The lowest BCUT2D eigenvalue weighted by molar-refractivity contribution is 0.391. The van der Waals surface area contributed by atoms with Crippen molar-refractivity contribution in [1.29, 1.82) is 0 Å². The van der Waals surface area contributed by atoms with Crippen LogP contribution >= 0.6 is 0 Å². The number of hydrogen-bond donors (Lipinski definition) is 0. The largest absolute Gasteiger partial charge is 0.480 e. The van der Waals surface area contributed by atoms with Gasteiger partial charge in [-0.2, -0.15) is 0 Å². The molecule has 0 saturated heterocycles. The van der Waals surface area contributed by atoms with Crippen LogP contribution in [0.4, 0.5) is 0 Å². The van der Waals surface area contributed by atoms with Crippen molar-refractivity contribution in [1.82, 2.24) is 9.97 Å². The van der Waals surface area contributed by atoms with Crippen LogP contribution in [0.1, 0.15) is 5.69 Å². The Morgan fingerprint density at radius 2 is 2.00 bits per heavy atom. The SMILES string of the molecule is COc1nccnc1C. The van der Waals surface area contributed by atoms with Gasteiger partial charge in [0.15, 0.2) is 0 Å². The molecule has 48 valence electrons. The Labute approximate surface area is 53.7 Å². The minimum atomic E-state index is 0.595. The standard InChI is InChI=1S/C6H8N2O/c1-5-6(9-2)8-4-3-7-5/h3-4H,1-2H3. The van der Waals surface area contributed by atoms with Crippen molar-refractivity contribution >= 4 is 0 Å². The first kappa shape index (κ1) is 6.01. The van der Waals surface area contributed by atoms with Gasteiger partial charge in [-0.1, -0.05) is 0 Å². The van der Waals surface area contributed by atoms with E-state index in [0.717, 1.165) is 5.69 Å². The van der Waals surface area contributed by atoms with E-state index in [1.54, 1.807) is 19.5 Å². The summed E-state index contributed by atoms with van der Waals surface area (Å²) < 4.78 is 4.87. The maximum atomic E-state index is 4.87. The van der Waals surface area contributed by atoms with Crippen molar-refractivity contribution < 1.29 is 4.74 Å². The second kappa shape index (κ2) is 2.44. The molecule has 0 aliphatic heterocycles. The molecule has 0 N–H and O–H groups in total. The van der Waals surface area contributed by atoms with E-state index in [1.165, 1.54) is 0 Å². The van der Waals surface area contributed by atoms with E-state index < -0.39 is 0 Å². The first-order chi connectivity index (χ1) is 4.34. The maximum Gasteiger partial charge on any atom is 0.235 e. The van der Waals surface area contributed by atoms with Gasteiger partial charge in [0.2, 0.25) is 5.88 Å². The average Bonchev–Trinajstić information content (AvgIpc) is 1.89. The summed E-state index contributed by atoms with van der Waals surface area (Å²) in [5, 5.41) is 0. The molecular weight excluding hydrogens is 116 g/mol. The first-order valence-corrected chi connectivity index (χ1v) is 2.66. The van der Waals surface area contributed by atoms with Crippen LogP contribution in [0.3, 0.4) is 0 Å². The predicted octanol–water partition coefficient (Wildman–Crippen LogP) is 0.794. The monoisotopic (exact) mass is 124 g/mol. The normalized spacial score (nSPS) is 9.11. The molecule has 0 aromatic carbocycles. The van der Waals surface area contributed by atoms with E-state index in [2.05, 4.69) is 9.97 Å². The van der Waals surface area contributed by atoms with Crippen molar-refractivity contribution in [2.75, 3.05) is 7.11 Å². The van der Waals surface area contributed by atoms with Gasteiger partial charge in [-0.05, 0) is 6.92 Å². The molecule has 0 amide bonds. The number of aromatic nitrogens is 2. The third-order valence-corrected chi connectivity index (χ3v) is 1.03. The number of ether oxygens (including phenoxy) is 1. The van der Waals surface area contributed by atoms with Crippen LogP contribution in [0, 0.1) is 6.92 Å². The second-order valence-corrected chi connectivity index (χ2v) is 1.65. The highest BCUT2D eigenvalue weighted by Gasteiger charge is 1.94. The van der Waals surface area contributed by atoms with Gasteiger partial charge in [0.1, 0.15) is 0 Å². The lowest BCUT2D eigenvalue weighted by Gasteiger charge is -1.98. The topological polar surface area (TPSA) is 35.0 Å². The fourth-order valence-corrected chi connectivity index (χ4v) is 0.595. The summed E-state index contributed by atoms with van der Waals surface area (Å²) in [6.07, 6.45) is 3.24. The number of nitrogens with zero attached hydrogens (tertiary/aromatic N) is 2. The van der Waals surface area contributed by atoms with Gasteiger partial charge in [0.05, 0.1) is 12.8 Å². The Morgan fingerprint density at radius 1 is 1.33 bits per heavy atom. The van der Waals surface area contributed by atoms with Gasteiger partial charge in [0, 0.05) is 12.4 Å². The number of aryl methyl sites for hydroxylation is 1. The van der Waals surface area contributed by atoms with Crippen molar-refractivity contribution in [3.63, 3.8) is 0 Å². The summed E-state index contributed by atoms with van der Waals surface area (Å²) in [5.41, 5.74) is 0.819. The molecule has 0 saturated carbocycles. The van der Waals surface area contributed by atoms with Gasteiger partial charge in [-0.15, -0.1) is 0 Å². The summed E-state index contributed by atoms with van der Waals surface area (Å²) in [5.74, 6) is 0.595. The molecular formula is C6H8N2O. The Bertz CT molecular complexity index is 200. The molecule has 9 heavy (non-hydrogen) atoms. The van der Waals surface area contributed by atoms with E-state index in [-0.39, 0.29) is 0 Å². The first-order valence-electron chi connectivity index (χ1n) is 2.66. The third-order valence-electron chi connectivity index (χ3n) is 1.03. The average molecular weight is 124 g/mol. The minimum absolute atomic E-state index is 0.595. The number of methoxy groups -OCH3 is 1. The molecule has 0 fully saturated rings. The van der Waals surface area contributed by atoms with Crippen LogP contribution in [0.5, 0.6) is 5.88 Å². The zero-order chi connectivity index (χ0) is 6.69. The summed E-state index contributed by atoms with van der Waals surface area (Å²) in [6.45, 7) is 1.85. The van der Waals surface area contributed by atoms with Crippen molar-refractivity contribution in [2.45, 2.75) is 6.92 Å². The highest BCUT2D eigenvalue weighted by molar-refractivity contribution is 5.14. The number of rotatable bonds is 1. The van der Waals surface area contributed by atoms with Gasteiger partial charge < -0.3 is 4.74 Å². The lowest BCUT2D eigenvalue weighted by Crippen LogP contribution is -1.91. The molecule has 1 aromatic rings. The van der Waals surface area contributed by atoms with Crippen LogP contribution in [0.2, 0.25) is 0 Å². The van der Waals surface area contributed by atoms with Gasteiger partial charge >= 0.3 is 0 Å². The van der Waals surface area contributed by atoms with Crippen LogP contribution < -0.4 is 4.74 Å². The summed E-state index contributed by atoms with van der Waals surface area (Å²) in [6, 6.07) is 0. The Kier molecular flexibility index (Phi) is 1.63. The lowest BCUT2D eigenvalue weighted by atomic mass is 10.5. The summed E-state index contributed by atoms with van der Waals surface area (Å²) in [7, 11) is 1.58. The predicted molar refractivity (Wildman–Crippen MR) is 33.3 cm³/mol. The van der Waals surface area contributed by atoms with Crippen LogP contribution in [-0.2, 0) is 0 Å². The summed E-state index contributed by atoms with van der Waals surface area (Å²) >= 11 is 0. The smallest absolute Gasteiger partial charge is 0.235 e. The van der Waals surface area contributed by atoms with Gasteiger partial charge in [0.25, 0.3) is 0 Å². The molecule has 0 aliphatic carbocycles. The fourth-order valence-electron chi connectivity index (χ4n) is 0.595.